The number of hydrogen-bond acceptors (Lipinski definition) is 4. The molecule has 9 heteroatoms. The van der Waals surface area contributed by atoms with Gasteiger partial charge in [-0.25, -0.2) is 13.8 Å². The summed E-state index contributed by atoms with van der Waals surface area (Å²) in [5.41, 5.74) is 9.57. The number of hydrazone groups is 1. The van der Waals surface area contributed by atoms with E-state index < -0.39 is 22.5 Å². The van der Waals surface area contributed by atoms with Crippen LogP contribution in [0.5, 0.6) is 0 Å². The van der Waals surface area contributed by atoms with Gasteiger partial charge in [-0.15, -0.1) is 0 Å². The lowest BCUT2D eigenvalue weighted by atomic mass is 10.1. The van der Waals surface area contributed by atoms with E-state index in [4.69, 9.17) is 11.6 Å². The molecule has 0 aliphatic carbocycles. The number of halogens is 1. The maximum absolute atomic E-state index is 13.4. The van der Waals surface area contributed by atoms with Crippen LogP contribution < -0.4 is 5.43 Å². The minimum Gasteiger partial charge on any atom is -0.317 e. The Morgan fingerprint density at radius 3 is 2.23 bits per heavy atom. The number of benzene rings is 3. The van der Waals surface area contributed by atoms with Crippen LogP contribution in [-0.2, 0) is 21.4 Å². The standard InChI is InChI=1S/C30H31ClN4O3S/c1-21-9-8-10-22(2)30(21)35-23(3)17-26(24(35)4)18-32-33-29(36)20-34(19-25-11-6-5-7-12-25)39(37,38)28-15-13-27(31)14-16-28/h5-18H,19-20H2,1-4H3,(H,33,36)/b32-18+. The van der Waals surface area contributed by atoms with Gasteiger partial charge < -0.3 is 4.57 Å². The number of nitrogens with zero attached hydrogens (tertiary/aromatic N) is 3. The van der Waals surface area contributed by atoms with Crippen molar-refractivity contribution in [3.63, 3.8) is 0 Å². The second-order valence-corrected chi connectivity index (χ2v) is 11.8. The van der Waals surface area contributed by atoms with Crippen LogP contribution in [0.15, 0.2) is 88.9 Å². The summed E-state index contributed by atoms with van der Waals surface area (Å²) in [6, 6.07) is 23.2. The van der Waals surface area contributed by atoms with Gasteiger partial charge in [0, 0.05) is 28.5 Å². The van der Waals surface area contributed by atoms with Gasteiger partial charge in [0.05, 0.1) is 23.3 Å². The molecule has 0 fully saturated rings. The second-order valence-electron chi connectivity index (χ2n) is 9.41. The van der Waals surface area contributed by atoms with Crippen molar-refractivity contribution in [2.75, 3.05) is 6.54 Å². The molecule has 0 unspecified atom stereocenters. The van der Waals surface area contributed by atoms with Gasteiger partial charge in [-0.05, 0) is 74.7 Å². The van der Waals surface area contributed by atoms with Crippen molar-refractivity contribution in [2.45, 2.75) is 39.1 Å². The maximum Gasteiger partial charge on any atom is 0.255 e. The SMILES string of the molecule is Cc1cccc(C)c1-n1c(C)cc(/C=N/NC(=O)CN(Cc2ccccc2)S(=O)(=O)c2ccc(Cl)cc2)c1C. The van der Waals surface area contributed by atoms with Gasteiger partial charge in [-0.2, -0.15) is 9.41 Å². The summed E-state index contributed by atoms with van der Waals surface area (Å²) >= 11 is 5.95. The van der Waals surface area contributed by atoms with Crippen LogP contribution in [0.4, 0.5) is 0 Å². The Balaban J connectivity index is 1.53. The summed E-state index contributed by atoms with van der Waals surface area (Å²) in [4.78, 5) is 12.9. The van der Waals surface area contributed by atoms with Gasteiger partial charge in [0.25, 0.3) is 5.91 Å². The zero-order chi connectivity index (χ0) is 28.2. The molecule has 0 aliphatic heterocycles. The topological polar surface area (TPSA) is 83.8 Å². The molecule has 0 atom stereocenters. The fraction of sp³-hybridized carbons (Fsp3) is 0.200. The number of aromatic nitrogens is 1. The summed E-state index contributed by atoms with van der Waals surface area (Å²) in [7, 11) is -3.98. The first-order valence-corrected chi connectivity index (χ1v) is 14.3. The van der Waals surface area contributed by atoms with Crippen molar-refractivity contribution in [2.24, 2.45) is 5.10 Å². The Morgan fingerprint density at radius 2 is 1.59 bits per heavy atom. The van der Waals surface area contributed by atoms with Crippen LogP contribution >= 0.6 is 11.6 Å². The fourth-order valence-electron chi connectivity index (χ4n) is 4.56. The third-order valence-corrected chi connectivity index (χ3v) is 8.56. The van der Waals surface area contributed by atoms with Gasteiger partial charge >= 0.3 is 0 Å². The molecule has 1 heterocycles. The number of nitrogens with one attached hydrogen (secondary N) is 1. The number of sulfonamides is 1. The summed E-state index contributed by atoms with van der Waals surface area (Å²) < 4.78 is 30.1. The van der Waals surface area contributed by atoms with Crippen LogP contribution in [0.2, 0.25) is 5.02 Å². The first-order chi connectivity index (χ1) is 18.6. The molecule has 1 N–H and O–H groups in total. The predicted octanol–water partition coefficient (Wildman–Crippen LogP) is 5.71. The molecule has 1 aromatic heterocycles. The fourth-order valence-corrected chi connectivity index (χ4v) is 6.07. The van der Waals surface area contributed by atoms with E-state index in [1.807, 2.05) is 56.3 Å². The predicted molar refractivity (Wildman–Crippen MR) is 156 cm³/mol. The van der Waals surface area contributed by atoms with Crippen LogP contribution in [0.1, 0.15) is 33.6 Å². The van der Waals surface area contributed by atoms with Gasteiger partial charge in [0.2, 0.25) is 10.0 Å². The van der Waals surface area contributed by atoms with Crippen LogP contribution in [0.3, 0.4) is 0 Å². The molecule has 0 aliphatic rings. The van der Waals surface area contributed by atoms with Gasteiger partial charge in [0.1, 0.15) is 0 Å². The third kappa shape index (κ3) is 6.47. The van der Waals surface area contributed by atoms with E-state index in [2.05, 4.69) is 41.1 Å². The molecule has 0 radical (unpaired) electrons. The van der Waals surface area contributed by atoms with Crippen molar-refractivity contribution in [3.8, 4) is 5.69 Å². The Labute approximate surface area is 234 Å². The number of hydrogen-bond donors (Lipinski definition) is 1. The van der Waals surface area contributed by atoms with E-state index in [1.54, 1.807) is 6.21 Å². The molecule has 0 saturated heterocycles. The molecule has 7 nitrogen and oxygen atoms in total. The molecule has 4 aromatic rings. The number of para-hydroxylation sites is 1. The summed E-state index contributed by atoms with van der Waals surface area (Å²) in [5.74, 6) is -0.553. The molecule has 39 heavy (non-hydrogen) atoms. The first kappa shape index (κ1) is 28.3. The lowest BCUT2D eigenvalue weighted by Gasteiger charge is -2.21. The Morgan fingerprint density at radius 1 is 0.949 bits per heavy atom. The average molecular weight is 563 g/mol. The zero-order valence-corrected chi connectivity index (χ0v) is 23.9. The van der Waals surface area contributed by atoms with Crippen molar-refractivity contribution in [1.29, 1.82) is 0 Å². The molecule has 0 spiro atoms. The van der Waals surface area contributed by atoms with Crippen LogP contribution in [0, 0.1) is 27.7 Å². The van der Waals surface area contributed by atoms with E-state index in [1.165, 1.54) is 24.3 Å². The number of amides is 1. The summed E-state index contributed by atoms with van der Waals surface area (Å²) in [6.07, 6.45) is 1.58. The van der Waals surface area contributed by atoms with Crippen LogP contribution in [0.25, 0.3) is 5.69 Å². The minimum atomic E-state index is -3.98. The molecule has 202 valence electrons. The van der Waals surface area contributed by atoms with Crippen molar-refractivity contribution in [1.82, 2.24) is 14.3 Å². The Hall–Kier alpha value is -3.72. The molecule has 0 saturated carbocycles. The summed E-state index contributed by atoms with van der Waals surface area (Å²) in [6.45, 7) is 7.81. The highest BCUT2D eigenvalue weighted by Gasteiger charge is 2.27. The normalized spacial score (nSPS) is 11.8. The highest BCUT2D eigenvalue weighted by molar-refractivity contribution is 7.89. The van der Waals surface area contributed by atoms with Crippen molar-refractivity contribution >= 4 is 33.7 Å². The smallest absolute Gasteiger partial charge is 0.255 e. The molecule has 1 amide bonds. The van der Waals surface area contributed by atoms with Gasteiger partial charge in [0.15, 0.2) is 0 Å². The van der Waals surface area contributed by atoms with Gasteiger partial charge in [-0.3, -0.25) is 4.79 Å². The van der Waals surface area contributed by atoms with E-state index in [-0.39, 0.29) is 11.4 Å². The highest BCUT2D eigenvalue weighted by atomic mass is 35.5. The maximum atomic E-state index is 13.4. The molecule has 3 aromatic carbocycles. The zero-order valence-electron chi connectivity index (χ0n) is 22.3. The van der Waals surface area contributed by atoms with Gasteiger partial charge in [-0.1, -0.05) is 60.1 Å². The molecule has 0 bridgehead atoms. The molecular weight excluding hydrogens is 532 g/mol. The van der Waals surface area contributed by atoms with E-state index in [9.17, 15) is 13.2 Å². The quantitative estimate of drug-likeness (QED) is 0.210. The minimum absolute atomic E-state index is 0.0276. The van der Waals surface area contributed by atoms with E-state index in [0.717, 1.165) is 43.6 Å². The number of carbonyl (C=O) groups excluding carboxylic acids is 1. The summed E-state index contributed by atoms with van der Waals surface area (Å²) in [5, 5.41) is 4.57. The lowest BCUT2D eigenvalue weighted by Crippen LogP contribution is -2.39. The second kappa shape index (κ2) is 12.0. The number of rotatable bonds is 9. The van der Waals surface area contributed by atoms with Crippen molar-refractivity contribution in [3.05, 3.63) is 118 Å². The van der Waals surface area contributed by atoms with E-state index in [0.29, 0.717) is 5.02 Å². The Kier molecular flexibility index (Phi) is 8.70. The monoisotopic (exact) mass is 562 g/mol. The lowest BCUT2D eigenvalue weighted by molar-refractivity contribution is -0.121. The van der Waals surface area contributed by atoms with E-state index >= 15 is 0 Å². The number of aryl methyl sites for hydroxylation is 3. The Bertz CT molecular complexity index is 1590. The average Bonchev–Trinajstić information content (AvgIpc) is 3.17. The largest absolute Gasteiger partial charge is 0.317 e. The number of carbonyl (C=O) groups is 1. The molecular formula is C30H31ClN4O3S. The highest BCUT2D eigenvalue weighted by Crippen LogP contribution is 2.25. The first-order valence-electron chi connectivity index (χ1n) is 12.4. The molecule has 4 rings (SSSR count). The van der Waals surface area contributed by atoms with Crippen molar-refractivity contribution < 1.29 is 13.2 Å². The third-order valence-electron chi connectivity index (χ3n) is 6.50. The van der Waals surface area contributed by atoms with Crippen LogP contribution in [-0.4, -0.2) is 36.0 Å².